The van der Waals surface area contributed by atoms with Crippen LogP contribution in [-0.4, -0.2) is 18.5 Å². The van der Waals surface area contributed by atoms with Crippen molar-refractivity contribution in [3.63, 3.8) is 0 Å². The zero-order valence-electron chi connectivity index (χ0n) is 12.4. The molecule has 23 heavy (non-hydrogen) atoms. The number of amides is 1. The monoisotopic (exact) mass is 325 g/mol. The van der Waals surface area contributed by atoms with Crippen LogP contribution in [-0.2, 0) is 14.3 Å². The maximum atomic E-state index is 12.7. The minimum absolute atomic E-state index is 0.000663. The quantitative estimate of drug-likeness (QED) is 0.806. The van der Waals surface area contributed by atoms with E-state index in [4.69, 9.17) is 4.74 Å². The van der Waals surface area contributed by atoms with Crippen LogP contribution >= 0.6 is 11.8 Å². The molecular weight excluding hydrogens is 310 g/mol. The van der Waals surface area contributed by atoms with E-state index in [-0.39, 0.29) is 24.4 Å². The van der Waals surface area contributed by atoms with Crippen LogP contribution in [0.5, 0.6) is 0 Å². The summed E-state index contributed by atoms with van der Waals surface area (Å²) in [7, 11) is 0. The molecule has 116 valence electrons. The predicted octanol–water partition coefficient (Wildman–Crippen LogP) is 3.77. The lowest BCUT2D eigenvalue weighted by Gasteiger charge is -2.30. The van der Waals surface area contributed by atoms with Gasteiger partial charge in [0, 0.05) is 9.79 Å². The summed E-state index contributed by atoms with van der Waals surface area (Å²) >= 11 is 1.64. The molecule has 1 fully saturated rings. The normalized spacial score (nSPS) is 15.6. The minimum atomic E-state index is -0.258. The Hall–Kier alpha value is -2.27. The summed E-state index contributed by atoms with van der Waals surface area (Å²) in [5.74, 6) is -0.482. The van der Waals surface area contributed by atoms with E-state index in [1.54, 1.807) is 16.7 Å². The zero-order chi connectivity index (χ0) is 15.8. The van der Waals surface area contributed by atoms with E-state index in [9.17, 15) is 9.59 Å². The summed E-state index contributed by atoms with van der Waals surface area (Å²) in [6, 6.07) is 15.5. The molecule has 0 spiro atoms. The number of ether oxygens (including phenoxy) is 1. The van der Waals surface area contributed by atoms with Gasteiger partial charge in [0.15, 0.2) is 6.61 Å². The number of para-hydroxylation sites is 2. The number of benzene rings is 2. The predicted molar refractivity (Wildman–Crippen MR) is 87.8 cm³/mol. The molecule has 1 aliphatic carbocycles. The van der Waals surface area contributed by atoms with Crippen molar-refractivity contribution in [3.05, 3.63) is 48.5 Å². The molecule has 4 rings (SSSR count). The maximum absolute atomic E-state index is 12.7. The molecular formula is C18H15NO3S. The highest BCUT2D eigenvalue weighted by atomic mass is 32.2. The number of hydrogen-bond donors (Lipinski definition) is 0. The fourth-order valence-electron chi connectivity index (χ4n) is 2.61. The summed E-state index contributed by atoms with van der Waals surface area (Å²) in [4.78, 5) is 28.1. The Labute approximate surface area is 138 Å². The summed E-state index contributed by atoms with van der Waals surface area (Å²) < 4.78 is 5.17. The molecule has 4 nitrogen and oxygen atoms in total. The van der Waals surface area contributed by atoms with Crippen LogP contribution in [0, 0.1) is 5.92 Å². The summed E-state index contributed by atoms with van der Waals surface area (Å²) in [6.45, 7) is -0.220. The molecule has 0 radical (unpaired) electrons. The molecule has 2 aromatic carbocycles. The van der Waals surface area contributed by atoms with Crippen molar-refractivity contribution in [2.24, 2.45) is 5.92 Å². The minimum Gasteiger partial charge on any atom is -0.455 e. The van der Waals surface area contributed by atoms with E-state index in [2.05, 4.69) is 0 Å². The number of fused-ring (bicyclic) bond motifs is 2. The Morgan fingerprint density at radius 2 is 1.57 bits per heavy atom. The number of carbonyl (C=O) groups is 2. The third-order valence-corrected chi connectivity index (χ3v) is 5.06. The maximum Gasteiger partial charge on any atom is 0.309 e. The molecule has 2 aromatic rings. The molecule has 2 aliphatic rings. The standard InChI is InChI=1S/C18H15NO3S/c20-17(11-22-18(21)12-9-10-12)19-13-5-1-3-7-15(13)23-16-8-4-2-6-14(16)19/h1-8,12H,9-11H2. The Morgan fingerprint density at radius 1 is 1.00 bits per heavy atom. The van der Waals surface area contributed by atoms with Crippen LogP contribution < -0.4 is 4.90 Å². The summed E-state index contributed by atoms with van der Waals surface area (Å²) in [5.41, 5.74) is 1.67. The van der Waals surface area contributed by atoms with Crippen molar-refractivity contribution in [1.29, 1.82) is 0 Å². The average molecular weight is 325 g/mol. The zero-order valence-corrected chi connectivity index (χ0v) is 13.2. The van der Waals surface area contributed by atoms with Crippen LogP contribution in [0.1, 0.15) is 12.8 Å². The number of hydrogen-bond acceptors (Lipinski definition) is 4. The third kappa shape index (κ3) is 2.72. The van der Waals surface area contributed by atoms with Gasteiger partial charge in [0.1, 0.15) is 0 Å². The SMILES string of the molecule is O=C(OCC(=O)N1c2ccccc2Sc2ccccc21)C1CC1. The van der Waals surface area contributed by atoms with Gasteiger partial charge in [-0.15, -0.1) is 0 Å². The second kappa shape index (κ2) is 5.74. The van der Waals surface area contributed by atoms with E-state index in [1.165, 1.54) is 0 Å². The van der Waals surface area contributed by atoms with Gasteiger partial charge in [0.25, 0.3) is 5.91 Å². The number of nitrogens with zero attached hydrogens (tertiary/aromatic N) is 1. The van der Waals surface area contributed by atoms with Crippen LogP contribution in [0.25, 0.3) is 0 Å². The Bertz CT molecular complexity index is 740. The van der Waals surface area contributed by atoms with Crippen molar-refractivity contribution in [1.82, 2.24) is 0 Å². The molecule has 0 atom stereocenters. The van der Waals surface area contributed by atoms with Crippen molar-refractivity contribution < 1.29 is 14.3 Å². The van der Waals surface area contributed by atoms with E-state index in [0.717, 1.165) is 34.0 Å². The van der Waals surface area contributed by atoms with Gasteiger partial charge < -0.3 is 4.74 Å². The van der Waals surface area contributed by atoms with Crippen molar-refractivity contribution in [3.8, 4) is 0 Å². The summed E-state index contributed by atoms with van der Waals surface area (Å²) in [5, 5.41) is 0. The highest BCUT2D eigenvalue weighted by molar-refractivity contribution is 7.99. The highest BCUT2D eigenvalue weighted by Crippen LogP contribution is 2.47. The first kappa shape index (κ1) is 14.3. The lowest BCUT2D eigenvalue weighted by Crippen LogP contribution is -2.32. The molecule has 1 heterocycles. The van der Waals surface area contributed by atoms with Crippen molar-refractivity contribution in [2.45, 2.75) is 22.6 Å². The first-order chi connectivity index (χ1) is 11.2. The Morgan fingerprint density at radius 3 is 2.13 bits per heavy atom. The highest BCUT2D eigenvalue weighted by Gasteiger charge is 2.33. The lowest BCUT2D eigenvalue weighted by atomic mass is 10.2. The second-order valence-corrected chi connectivity index (χ2v) is 6.73. The van der Waals surface area contributed by atoms with Gasteiger partial charge >= 0.3 is 5.97 Å². The topological polar surface area (TPSA) is 46.6 Å². The molecule has 1 aliphatic heterocycles. The molecule has 1 saturated carbocycles. The average Bonchev–Trinajstić information content (AvgIpc) is 3.42. The van der Waals surface area contributed by atoms with E-state index in [1.807, 2.05) is 48.5 Å². The van der Waals surface area contributed by atoms with Gasteiger partial charge in [-0.25, -0.2) is 0 Å². The van der Waals surface area contributed by atoms with Gasteiger partial charge in [-0.3, -0.25) is 14.5 Å². The Kier molecular flexibility index (Phi) is 3.58. The van der Waals surface area contributed by atoms with Crippen LogP contribution in [0.2, 0.25) is 0 Å². The van der Waals surface area contributed by atoms with Crippen LogP contribution in [0.4, 0.5) is 11.4 Å². The first-order valence-electron chi connectivity index (χ1n) is 7.59. The fourth-order valence-corrected chi connectivity index (χ4v) is 3.67. The smallest absolute Gasteiger partial charge is 0.309 e. The van der Waals surface area contributed by atoms with Crippen LogP contribution in [0.3, 0.4) is 0 Å². The molecule has 5 heteroatoms. The lowest BCUT2D eigenvalue weighted by molar-refractivity contribution is -0.149. The second-order valence-electron chi connectivity index (χ2n) is 5.65. The number of anilines is 2. The van der Waals surface area contributed by atoms with Crippen molar-refractivity contribution >= 4 is 35.0 Å². The molecule has 1 amide bonds. The molecule has 0 aromatic heterocycles. The Balaban J connectivity index is 1.63. The van der Waals surface area contributed by atoms with Gasteiger partial charge in [-0.2, -0.15) is 0 Å². The molecule has 0 unspecified atom stereocenters. The first-order valence-corrected chi connectivity index (χ1v) is 8.41. The number of rotatable bonds is 3. The molecule has 0 N–H and O–H groups in total. The van der Waals surface area contributed by atoms with Gasteiger partial charge in [0.05, 0.1) is 17.3 Å². The largest absolute Gasteiger partial charge is 0.455 e. The third-order valence-electron chi connectivity index (χ3n) is 3.93. The van der Waals surface area contributed by atoms with E-state index >= 15 is 0 Å². The summed E-state index contributed by atoms with van der Waals surface area (Å²) in [6.07, 6.45) is 1.75. The molecule has 0 bridgehead atoms. The van der Waals surface area contributed by atoms with Crippen LogP contribution in [0.15, 0.2) is 58.3 Å². The van der Waals surface area contributed by atoms with Crippen molar-refractivity contribution in [2.75, 3.05) is 11.5 Å². The van der Waals surface area contributed by atoms with Gasteiger partial charge in [-0.05, 0) is 37.1 Å². The number of esters is 1. The fraction of sp³-hybridized carbons (Fsp3) is 0.222. The van der Waals surface area contributed by atoms with E-state index < -0.39 is 0 Å². The van der Waals surface area contributed by atoms with Gasteiger partial charge in [-0.1, -0.05) is 36.0 Å². The van der Waals surface area contributed by atoms with Gasteiger partial charge in [0.2, 0.25) is 0 Å². The number of carbonyl (C=O) groups excluding carboxylic acids is 2. The molecule has 0 saturated heterocycles. The van der Waals surface area contributed by atoms with E-state index in [0.29, 0.717) is 0 Å².